The molecule has 0 aliphatic heterocycles. The fourth-order valence-corrected chi connectivity index (χ4v) is 13.9. The Kier molecular flexibility index (Phi) is 36.5. The number of rotatable bonds is 24. The fourth-order valence-electron chi connectivity index (χ4n) is 12.2. The first kappa shape index (κ1) is 113. The molecule has 0 fully saturated rings. The van der Waals surface area contributed by atoms with Crippen LogP contribution in [0.2, 0.25) is 5.02 Å². The molecule has 6 aromatic rings. The van der Waals surface area contributed by atoms with E-state index in [1.165, 1.54) is 39.8 Å². The third kappa shape index (κ3) is 32.6. The van der Waals surface area contributed by atoms with Crippen molar-refractivity contribution in [2.75, 3.05) is 19.8 Å². The Morgan fingerprint density at radius 1 is 0.217 bits per heavy atom. The van der Waals surface area contributed by atoms with E-state index in [-0.39, 0.29) is 11.1 Å². The van der Waals surface area contributed by atoms with E-state index in [1.54, 1.807) is 282 Å². The Morgan fingerprint density at radius 3 is 0.450 bits per heavy atom. The SMILES string of the molecule is CC(C)(O)c1cc(C(C)(C)O)c(Br)c(C(C)(C)O)c1.CC(C)(O)c1cc(C(C)(C)O)c(Cl)c(C(C)(C)O)c1.CC(C)(O)c1cc(C(C)(C)O)c(F)c(C(C)(C)O)c1.CCOc1c(C(C)(C)O)cc(C(C)(C)O)cc1C(C)(C)O.CCOc1c(C(C)(C)O)cc(C(C)(C)O)cc1C(C)(C)O.CCOc1c(C(C)(C)O)cc(C(C)(C)O)cc1C(C)(C)O. The number of hydrogen-bond acceptors (Lipinski definition) is 21. The number of benzene rings is 6. The molecule has 6 rings (SSSR count). The van der Waals surface area contributed by atoms with Crippen LogP contribution in [0.3, 0.4) is 0 Å². The molecule has 0 bridgehead atoms. The van der Waals surface area contributed by atoms with Crippen molar-refractivity contribution < 1.29 is 111 Å². The van der Waals surface area contributed by atoms with Gasteiger partial charge in [-0.2, -0.15) is 0 Å². The number of halogens is 3. The summed E-state index contributed by atoms with van der Waals surface area (Å²) in [6.07, 6.45) is 0. The van der Waals surface area contributed by atoms with Gasteiger partial charge in [-0.15, -0.1) is 0 Å². The quantitative estimate of drug-likeness (QED) is 0.0268. The van der Waals surface area contributed by atoms with Crippen LogP contribution >= 0.6 is 27.5 Å². The average Bonchev–Trinajstić information content (AvgIpc) is 0.771. The van der Waals surface area contributed by atoms with Crippen molar-refractivity contribution in [3.8, 4) is 17.2 Å². The molecule has 0 aliphatic carbocycles. The fraction of sp³-hybridized carbons (Fsp3) is 0.625. The third-order valence-electron chi connectivity index (χ3n) is 19.5. The molecule has 0 spiro atoms. The van der Waals surface area contributed by atoms with Crippen LogP contribution in [-0.2, 0) is 101 Å². The summed E-state index contributed by atoms with van der Waals surface area (Å²) in [5.41, 5.74) is -11.4. The van der Waals surface area contributed by atoms with Gasteiger partial charge in [0.1, 0.15) is 23.1 Å². The minimum absolute atomic E-state index is 0.0595. The van der Waals surface area contributed by atoms with E-state index < -0.39 is 107 Å². The van der Waals surface area contributed by atoms with Crippen LogP contribution in [0.25, 0.3) is 0 Å². The molecule has 0 saturated heterocycles. The second-order valence-electron chi connectivity index (χ2n) is 40.7. The van der Waals surface area contributed by atoms with Crippen molar-refractivity contribution in [2.24, 2.45) is 0 Å². The predicted molar refractivity (Wildman–Crippen MR) is 479 cm³/mol. The molecule has 24 heteroatoms. The molecule has 0 unspecified atom stereocenters. The lowest BCUT2D eigenvalue weighted by atomic mass is 9.84. The van der Waals surface area contributed by atoms with Gasteiger partial charge in [0.25, 0.3) is 0 Å². The molecule has 120 heavy (non-hydrogen) atoms. The molecular formula is C96H153BrClFO21. The van der Waals surface area contributed by atoms with Gasteiger partial charge in [-0.05, 0) is 387 Å². The highest BCUT2D eigenvalue weighted by atomic mass is 79.9. The first-order chi connectivity index (χ1) is 52.6. The van der Waals surface area contributed by atoms with Crippen molar-refractivity contribution in [3.63, 3.8) is 0 Å². The summed E-state index contributed by atoms with van der Waals surface area (Å²) >= 11 is 9.75. The summed E-state index contributed by atoms with van der Waals surface area (Å²) < 4.78 is 32.2. The molecule has 0 aliphatic rings. The van der Waals surface area contributed by atoms with Crippen LogP contribution in [0.1, 0.15) is 370 Å². The Labute approximate surface area is 730 Å². The molecule has 0 amide bonds. The summed E-state index contributed by atoms with van der Waals surface area (Å²) in [6, 6.07) is 20.2. The van der Waals surface area contributed by atoms with Crippen LogP contribution in [0.5, 0.6) is 17.2 Å². The van der Waals surface area contributed by atoms with Gasteiger partial charge < -0.3 is 106 Å². The molecule has 0 saturated carbocycles. The third-order valence-corrected chi connectivity index (χ3v) is 20.8. The maximum Gasteiger partial charge on any atom is 0.135 e. The normalized spacial score (nSPS) is 13.6. The first-order valence-electron chi connectivity index (χ1n) is 40.6. The van der Waals surface area contributed by atoms with Gasteiger partial charge in [0.2, 0.25) is 0 Å². The highest BCUT2D eigenvalue weighted by Crippen LogP contribution is 2.47. The van der Waals surface area contributed by atoms with Crippen LogP contribution < -0.4 is 14.2 Å². The van der Waals surface area contributed by atoms with Gasteiger partial charge in [0.15, 0.2) is 0 Å². The van der Waals surface area contributed by atoms with Crippen molar-refractivity contribution in [2.45, 2.75) is 371 Å². The van der Waals surface area contributed by atoms with Crippen molar-refractivity contribution >= 4 is 27.5 Å². The maximum atomic E-state index is 14.4. The van der Waals surface area contributed by atoms with Crippen LogP contribution in [-0.4, -0.2) is 112 Å². The second-order valence-corrected chi connectivity index (χ2v) is 41.9. The standard InChI is InChI=1S/3C17H28O4.C15H23BrO3.C15H23ClO3.C15H23FO3/c3*1-8-21-14-12(16(4,5)19)9-11(15(2,3)18)10-13(14)17(6,7)20;3*1-13(2,17)9-7-10(14(3,4)18)12(16)11(8-9)15(5,6)19/h3*9-10,18-20H,8H2,1-7H3;3*7-8,17-19H,1-6H3. The lowest BCUT2D eigenvalue weighted by Gasteiger charge is -2.31. The average molecular weight is 1780 g/mol. The molecule has 6 aromatic carbocycles. The molecule has 0 aromatic heterocycles. The topological polar surface area (TPSA) is 392 Å². The van der Waals surface area contributed by atoms with Crippen molar-refractivity contribution in [3.05, 3.63) is 188 Å². The Balaban J connectivity index is 0.000000720. The van der Waals surface area contributed by atoms with E-state index in [2.05, 4.69) is 15.9 Å². The minimum atomic E-state index is -1.40. The van der Waals surface area contributed by atoms with Gasteiger partial charge in [-0.1, -0.05) is 27.5 Å². The van der Waals surface area contributed by atoms with Crippen LogP contribution in [0.15, 0.2) is 77.3 Å². The van der Waals surface area contributed by atoms with E-state index in [4.69, 9.17) is 25.8 Å². The summed E-state index contributed by atoms with van der Waals surface area (Å²) in [4.78, 5) is 0. The molecular weight excluding hydrogens is 1620 g/mol. The number of ether oxygens (including phenoxy) is 3. The summed E-state index contributed by atoms with van der Waals surface area (Å²) in [5.74, 6) is 0.787. The summed E-state index contributed by atoms with van der Waals surface area (Å²) in [7, 11) is 0. The van der Waals surface area contributed by atoms with E-state index >= 15 is 0 Å². The zero-order chi connectivity index (χ0) is 95.6. The van der Waals surface area contributed by atoms with Crippen molar-refractivity contribution in [1.29, 1.82) is 0 Å². The van der Waals surface area contributed by atoms with Gasteiger partial charge in [-0.25, -0.2) is 4.39 Å². The Bertz CT molecular complexity index is 3720. The zero-order valence-corrected chi connectivity index (χ0v) is 81.8. The summed E-state index contributed by atoms with van der Waals surface area (Å²) in [5, 5.41) is 185. The largest absolute Gasteiger partial charge is 0.493 e. The van der Waals surface area contributed by atoms with Gasteiger partial charge in [-0.3, -0.25) is 0 Å². The van der Waals surface area contributed by atoms with Crippen LogP contribution in [0.4, 0.5) is 4.39 Å². The maximum absolute atomic E-state index is 14.4. The lowest BCUT2D eigenvalue weighted by Crippen LogP contribution is -2.27. The first-order valence-corrected chi connectivity index (χ1v) is 41.8. The minimum Gasteiger partial charge on any atom is -0.493 e. The Hall–Kier alpha value is -5.30. The van der Waals surface area contributed by atoms with E-state index in [0.29, 0.717) is 136 Å². The van der Waals surface area contributed by atoms with Gasteiger partial charge in [0, 0.05) is 60.1 Å². The van der Waals surface area contributed by atoms with Gasteiger partial charge in [0.05, 0.1) is 126 Å². The predicted octanol–water partition coefficient (Wildman–Crippen LogP) is 17.0. The zero-order valence-electron chi connectivity index (χ0n) is 79.5. The molecule has 0 atom stereocenters. The van der Waals surface area contributed by atoms with E-state index in [9.17, 15) is 96.3 Å². The molecule has 0 heterocycles. The highest BCUT2D eigenvalue weighted by Gasteiger charge is 2.40. The second kappa shape index (κ2) is 38.9. The monoisotopic (exact) mass is 1770 g/mol. The lowest BCUT2D eigenvalue weighted by molar-refractivity contribution is 0.0573. The number of hydrogen-bond donors (Lipinski definition) is 18. The van der Waals surface area contributed by atoms with E-state index in [0.717, 1.165) is 0 Å². The molecule has 18 N–H and O–H groups in total. The molecule has 0 radical (unpaired) electrons. The van der Waals surface area contributed by atoms with Gasteiger partial charge >= 0.3 is 0 Å². The molecule has 684 valence electrons. The van der Waals surface area contributed by atoms with Crippen LogP contribution in [0, 0.1) is 5.82 Å². The summed E-state index contributed by atoms with van der Waals surface area (Å²) in [6.45, 7) is 65.6. The van der Waals surface area contributed by atoms with Crippen molar-refractivity contribution in [1.82, 2.24) is 0 Å². The highest BCUT2D eigenvalue weighted by molar-refractivity contribution is 9.10. The van der Waals surface area contributed by atoms with E-state index in [1.807, 2.05) is 20.8 Å². The number of aliphatic hydroxyl groups is 18. The smallest absolute Gasteiger partial charge is 0.135 e. The molecule has 21 nitrogen and oxygen atoms in total. The Morgan fingerprint density at radius 2 is 0.333 bits per heavy atom.